The topological polar surface area (TPSA) is 136 Å². The van der Waals surface area contributed by atoms with Crippen molar-refractivity contribution in [3.8, 4) is 11.3 Å². The Morgan fingerprint density at radius 2 is 1.94 bits per heavy atom. The van der Waals surface area contributed by atoms with E-state index in [0.29, 0.717) is 37.4 Å². The summed E-state index contributed by atoms with van der Waals surface area (Å²) in [6, 6.07) is 9.78. The van der Waals surface area contributed by atoms with Gasteiger partial charge in [-0.15, -0.1) is 0 Å². The largest absolute Gasteiger partial charge is 0.483 e. The maximum absolute atomic E-state index is 13.6. The number of benzene rings is 1. The molecule has 5 rings (SSSR count). The van der Waals surface area contributed by atoms with Crippen LogP contribution in [0, 0.1) is 11.8 Å². The predicted octanol–water partition coefficient (Wildman–Crippen LogP) is 1.76. The Morgan fingerprint density at radius 3 is 2.66 bits per heavy atom. The van der Waals surface area contributed by atoms with E-state index in [1.807, 2.05) is 40.1 Å². The summed E-state index contributed by atoms with van der Waals surface area (Å²) in [4.78, 5) is 57.8. The van der Waals surface area contributed by atoms with Gasteiger partial charge in [0.05, 0.1) is 12.4 Å². The Bertz CT molecular complexity index is 1070. The molecular formula is C25H31N5O5. The first kappa shape index (κ1) is 24.4. The van der Waals surface area contributed by atoms with Crippen molar-refractivity contribution in [3.63, 3.8) is 0 Å². The van der Waals surface area contributed by atoms with Crippen molar-refractivity contribution in [1.82, 2.24) is 25.1 Å². The van der Waals surface area contributed by atoms with Gasteiger partial charge in [-0.3, -0.25) is 19.2 Å². The number of nitrogens with zero attached hydrogens (tertiary/aromatic N) is 3. The van der Waals surface area contributed by atoms with Gasteiger partial charge in [-0.25, -0.2) is 4.98 Å². The van der Waals surface area contributed by atoms with Gasteiger partial charge >= 0.3 is 0 Å². The van der Waals surface area contributed by atoms with E-state index in [4.69, 9.17) is 9.90 Å². The summed E-state index contributed by atoms with van der Waals surface area (Å²) in [6.07, 6.45) is 4.98. The molecule has 1 aromatic carbocycles. The molecule has 4 atom stereocenters. The number of aromatic amines is 1. The first-order valence-corrected chi connectivity index (χ1v) is 12.0. The number of hydrogen-bond donors (Lipinski definition) is 3. The van der Waals surface area contributed by atoms with Crippen molar-refractivity contribution in [3.05, 3.63) is 42.4 Å². The van der Waals surface area contributed by atoms with Crippen LogP contribution in [0.25, 0.3) is 11.3 Å². The van der Waals surface area contributed by atoms with Gasteiger partial charge in [-0.05, 0) is 31.1 Å². The lowest BCUT2D eigenvalue weighted by Gasteiger charge is -2.56. The van der Waals surface area contributed by atoms with E-state index in [-0.39, 0.29) is 48.1 Å². The van der Waals surface area contributed by atoms with E-state index >= 15 is 0 Å². The van der Waals surface area contributed by atoms with Crippen molar-refractivity contribution in [2.45, 2.75) is 44.7 Å². The summed E-state index contributed by atoms with van der Waals surface area (Å²) in [7, 11) is 0. The third kappa shape index (κ3) is 5.06. The number of aromatic nitrogens is 2. The fraction of sp³-hybridized carbons (Fsp3) is 0.480. The van der Waals surface area contributed by atoms with Gasteiger partial charge in [0.2, 0.25) is 11.8 Å². The molecule has 0 spiro atoms. The molecule has 3 N–H and O–H groups in total. The lowest BCUT2D eigenvalue weighted by Crippen LogP contribution is -2.67. The van der Waals surface area contributed by atoms with E-state index < -0.39 is 0 Å². The zero-order chi connectivity index (χ0) is 24.9. The van der Waals surface area contributed by atoms with Crippen molar-refractivity contribution < 1.29 is 24.3 Å². The van der Waals surface area contributed by atoms with Gasteiger partial charge in [0.1, 0.15) is 11.4 Å². The number of hydrogen-bond acceptors (Lipinski definition) is 5. The highest BCUT2D eigenvalue weighted by atomic mass is 16.3. The number of carbonyl (C=O) groups excluding carboxylic acids is 3. The number of rotatable bonds is 4. The molecule has 3 saturated heterocycles. The molecule has 4 heterocycles. The molecule has 3 amide bonds. The number of likely N-dealkylation sites (tertiary alicyclic amines) is 1. The average molecular weight is 482 g/mol. The first-order chi connectivity index (χ1) is 16.9. The maximum atomic E-state index is 13.6. The predicted molar refractivity (Wildman–Crippen MR) is 127 cm³/mol. The number of carboxylic acid groups (broad SMARTS) is 1. The Kier molecular flexibility index (Phi) is 7.48. The van der Waals surface area contributed by atoms with Crippen LogP contribution in [-0.4, -0.2) is 80.8 Å². The van der Waals surface area contributed by atoms with Gasteiger partial charge in [0.25, 0.3) is 12.4 Å². The van der Waals surface area contributed by atoms with Crippen molar-refractivity contribution in [2.75, 3.05) is 19.6 Å². The van der Waals surface area contributed by atoms with Crippen LogP contribution in [0.3, 0.4) is 0 Å². The standard InChI is InChI=1S/C24H29N5O3.CH2O2/c1-15(30)25-11-20-18-10-17(19-8-5-9-21(31)29(19)20)12-28(13-18)24(32)23-22(26-14-27-23)16-6-3-2-4-7-16;2-1-3/h2-4,6-7,14,17-20H,5,8-13H2,1H3,(H,25,30)(H,26,27);1H,(H,2,3)/t17-,18+,19+,20+;/m1./s1. The highest BCUT2D eigenvalue weighted by Crippen LogP contribution is 2.42. The minimum atomic E-state index is -0.250. The van der Waals surface area contributed by atoms with Gasteiger partial charge in [-0.1, -0.05) is 30.3 Å². The fourth-order valence-electron chi connectivity index (χ4n) is 5.88. The van der Waals surface area contributed by atoms with Gasteiger partial charge in [-0.2, -0.15) is 0 Å². The Hall–Kier alpha value is -3.69. The normalized spacial score (nSPS) is 25.1. The second kappa shape index (κ2) is 10.7. The SMILES string of the molecule is CC(=O)NC[C@H]1[C@H]2C[C@H](CN(C(=O)c3[nH]cnc3-c3ccccc3)C2)[C@@H]2CCCC(=O)N21.O=CO. The van der Waals surface area contributed by atoms with E-state index in [1.165, 1.54) is 6.92 Å². The maximum Gasteiger partial charge on any atom is 0.290 e. The van der Waals surface area contributed by atoms with E-state index in [9.17, 15) is 14.4 Å². The minimum Gasteiger partial charge on any atom is -0.483 e. The van der Waals surface area contributed by atoms with Crippen LogP contribution in [0.2, 0.25) is 0 Å². The van der Waals surface area contributed by atoms with Gasteiger partial charge in [0, 0.05) is 44.6 Å². The van der Waals surface area contributed by atoms with Gasteiger partial charge in [0.15, 0.2) is 0 Å². The van der Waals surface area contributed by atoms with Crippen molar-refractivity contribution in [2.24, 2.45) is 11.8 Å². The van der Waals surface area contributed by atoms with Crippen molar-refractivity contribution >= 4 is 24.2 Å². The molecule has 0 aliphatic carbocycles. The van der Waals surface area contributed by atoms with Crippen molar-refractivity contribution in [1.29, 1.82) is 0 Å². The molecule has 186 valence electrons. The summed E-state index contributed by atoms with van der Waals surface area (Å²) in [5, 5.41) is 9.81. The fourth-order valence-corrected chi connectivity index (χ4v) is 5.88. The number of imidazole rings is 1. The molecule has 0 radical (unpaired) electrons. The van der Waals surface area contributed by atoms with E-state index in [0.717, 1.165) is 24.8 Å². The molecule has 3 fully saturated rings. The second-order valence-electron chi connectivity index (χ2n) is 9.33. The molecule has 0 saturated carbocycles. The molecule has 3 aliphatic rings. The number of fused-ring (bicyclic) bond motifs is 4. The van der Waals surface area contributed by atoms with Crippen LogP contribution in [-0.2, 0) is 14.4 Å². The third-order valence-electron chi connectivity index (χ3n) is 7.24. The van der Waals surface area contributed by atoms with Crippen LogP contribution in [0.1, 0.15) is 43.1 Å². The smallest absolute Gasteiger partial charge is 0.290 e. The highest BCUT2D eigenvalue weighted by Gasteiger charge is 2.50. The molecule has 10 nitrogen and oxygen atoms in total. The second-order valence-corrected chi connectivity index (χ2v) is 9.33. The lowest BCUT2D eigenvalue weighted by molar-refractivity contribution is -0.151. The molecule has 2 aromatic rings. The quantitative estimate of drug-likeness (QED) is 0.570. The van der Waals surface area contributed by atoms with Crippen LogP contribution in [0.15, 0.2) is 36.7 Å². The summed E-state index contributed by atoms with van der Waals surface area (Å²) >= 11 is 0. The van der Waals surface area contributed by atoms with Crippen LogP contribution < -0.4 is 5.32 Å². The minimum absolute atomic E-state index is 0.0510. The van der Waals surface area contributed by atoms with E-state index in [2.05, 4.69) is 15.3 Å². The summed E-state index contributed by atoms with van der Waals surface area (Å²) < 4.78 is 0. The number of amides is 3. The molecule has 0 unspecified atom stereocenters. The molecule has 10 heteroatoms. The number of carbonyl (C=O) groups is 4. The molecule has 3 aliphatic heterocycles. The van der Waals surface area contributed by atoms with Crippen LogP contribution >= 0.6 is 0 Å². The monoisotopic (exact) mass is 481 g/mol. The van der Waals surface area contributed by atoms with Gasteiger partial charge < -0.3 is 25.2 Å². The number of piperidine rings is 3. The number of nitrogens with one attached hydrogen (secondary N) is 2. The zero-order valence-electron chi connectivity index (χ0n) is 19.7. The zero-order valence-corrected chi connectivity index (χ0v) is 19.7. The lowest BCUT2D eigenvalue weighted by atomic mass is 9.72. The first-order valence-electron chi connectivity index (χ1n) is 12.0. The molecule has 1 aromatic heterocycles. The van der Waals surface area contributed by atoms with Crippen LogP contribution in [0.5, 0.6) is 0 Å². The molecule has 2 bridgehead atoms. The highest BCUT2D eigenvalue weighted by molar-refractivity contribution is 5.98. The summed E-state index contributed by atoms with van der Waals surface area (Å²) in [5.41, 5.74) is 2.07. The Labute approximate surface area is 203 Å². The average Bonchev–Trinajstić information content (AvgIpc) is 3.35. The molecule has 35 heavy (non-hydrogen) atoms. The van der Waals surface area contributed by atoms with E-state index in [1.54, 1.807) is 6.33 Å². The third-order valence-corrected chi connectivity index (χ3v) is 7.24. The Morgan fingerprint density at radius 1 is 1.23 bits per heavy atom. The summed E-state index contributed by atoms with van der Waals surface area (Å²) in [5.74, 6) is 0.447. The molecular weight excluding hydrogens is 450 g/mol. The Balaban J connectivity index is 0.000000917. The number of H-pyrrole nitrogens is 1. The summed E-state index contributed by atoms with van der Waals surface area (Å²) in [6.45, 7) is 2.91. The van der Waals surface area contributed by atoms with Crippen LogP contribution in [0.4, 0.5) is 0 Å².